The Morgan fingerprint density at radius 3 is 2.13 bits per heavy atom. The fraction of sp³-hybridized carbons (Fsp3) is 0.167. The van der Waals surface area contributed by atoms with E-state index in [2.05, 4.69) is 10.3 Å². The lowest BCUT2D eigenvalue weighted by Gasteiger charge is -2.13. The lowest BCUT2D eigenvalue weighted by molar-refractivity contribution is -0.116. The molecule has 0 atom stereocenters. The normalized spacial score (nSPS) is 12.8. The number of imide groups is 1. The van der Waals surface area contributed by atoms with Crippen molar-refractivity contribution >= 4 is 75.9 Å². The number of amides is 3. The van der Waals surface area contributed by atoms with E-state index in [1.807, 2.05) is 0 Å². The summed E-state index contributed by atoms with van der Waals surface area (Å²) in [5.74, 6) is -2.99. The molecule has 0 unspecified atom stereocenters. The molecule has 3 amide bonds. The number of pyridine rings is 1. The van der Waals surface area contributed by atoms with Crippen LogP contribution in [0.4, 0.5) is 5.82 Å². The Kier molecular flexibility index (Phi) is 6.52. The molecule has 8 nitrogen and oxygen atoms in total. The number of carbonyl (C=O) groups is 4. The van der Waals surface area contributed by atoms with Crippen LogP contribution in [0.1, 0.15) is 38.0 Å². The van der Waals surface area contributed by atoms with Crippen molar-refractivity contribution in [3.63, 3.8) is 0 Å². The zero-order valence-electron chi connectivity index (χ0n) is 15.1. The number of rotatable bonds is 5. The van der Waals surface area contributed by atoms with E-state index >= 15 is 0 Å². The average molecular weight is 491 g/mol. The van der Waals surface area contributed by atoms with Gasteiger partial charge in [-0.2, -0.15) is 0 Å². The Hall–Kier alpha value is -2.39. The third kappa shape index (κ3) is 3.96. The molecule has 1 aliphatic rings. The van der Waals surface area contributed by atoms with E-state index in [1.165, 1.54) is 18.3 Å². The van der Waals surface area contributed by atoms with Gasteiger partial charge in [-0.3, -0.25) is 19.3 Å². The maximum Gasteiger partial charge on any atom is 0.338 e. The van der Waals surface area contributed by atoms with Crippen LogP contribution in [0.15, 0.2) is 18.3 Å². The van der Waals surface area contributed by atoms with Crippen LogP contribution in [0.2, 0.25) is 20.1 Å². The fourth-order valence-corrected chi connectivity index (χ4v) is 3.72. The van der Waals surface area contributed by atoms with Crippen LogP contribution < -0.4 is 5.32 Å². The van der Waals surface area contributed by atoms with Gasteiger partial charge in [0.05, 0.1) is 43.4 Å². The Morgan fingerprint density at radius 2 is 1.60 bits per heavy atom. The van der Waals surface area contributed by atoms with Gasteiger partial charge in [-0.05, 0) is 19.1 Å². The molecule has 156 valence electrons. The van der Waals surface area contributed by atoms with Crippen LogP contribution in [-0.2, 0) is 9.53 Å². The summed E-state index contributed by atoms with van der Waals surface area (Å²) in [4.78, 5) is 54.0. The van der Waals surface area contributed by atoms with Crippen molar-refractivity contribution in [1.29, 1.82) is 0 Å². The first-order chi connectivity index (χ1) is 14.2. The van der Waals surface area contributed by atoms with Gasteiger partial charge in [0, 0.05) is 6.20 Å². The van der Waals surface area contributed by atoms with E-state index in [4.69, 9.17) is 51.1 Å². The molecule has 0 aliphatic carbocycles. The maximum absolute atomic E-state index is 12.7. The van der Waals surface area contributed by atoms with Gasteiger partial charge in [0.15, 0.2) is 0 Å². The molecule has 1 N–H and O–H groups in total. The van der Waals surface area contributed by atoms with Gasteiger partial charge in [-0.15, -0.1) is 0 Å². The molecular weight excluding hydrogens is 480 g/mol. The number of aromatic nitrogens is 1. The first-order valence-electron chi connectivity index (χ1n) is 8.32. The molecule has 2 aromatic rings. The first-order valence-corrected chi connectivity index (χ1v) is 9.83. The maximum atomic E-state index is 12.7. The Morgan fingerprint density at radius 1 is 1.03 bits per heavy atom. The van der Waals surface area contributed by atoms with Crippen molar-refractivity contribution in [1.82, 2.24) is 9.88 Å². The zero-order valence-corrected chi connectivity index (χ0v) is 18.1. The molecule has 30 heavy (non-hydrogen) atoms. The van der Waals surface area contributed by atoms with Crippen LogP contribution in [0, 0.1) is 0 Å². The SMILES string of the molecule is CCOC(=O)c1ccnc(NC(=O)CN2C(=O)c3c(Cl)c(Cl)c(Cl)c(Cl)c3C2=O)c1. The Bertz CT molecular complexity index is 1060. The number of hydrogen-bond donors (Lipinski definition) is 1. The van der Waals surface area contributed by atoms with Gasteiger partial charge in [0.25, 0.3) is 11.8 Å². The Balaban J connectivity index is 1.80. The summed E-state index contributed by atoms with van der Waals surface area (Å²) in [6.45, 7) is 1.18. The lowest BCUT2D eigenvalue weighted by Crippen LogP contribution is -2.37. The lowest BCUT2D eigenvalue weighted by atomic mass is 10.1. The third-order valence-corrected chi connectivity index (χ3v) is 5.83. The van der Waals surface area contributed by atoms with Gasteiger partial charge >= 0.3 is 5.97 Å². The topological polar surface area (TPSA) is 106 Å². The second-order valence-electron chi connectivity index (χ2n) is 5.90. The number of halogens is 4. The summed E-state index contributed by atoms with van der Waals surface area (Å²) in [6.07, 6.45) is 1.30. The number of carbonyl (C=O) groups excluding carboxylic acids is 4. The van der Waals surface area contributed by atoms with Crippen LogP contribution in [0.25, 0.3) is 0 Å². The van der Waals surface area contributed by atoms with Crippen molar-refractivity contribution in [2.45, 2.75) is 6.92 Å². The number of nitrogens with one attached hydrogen (secondary N) is 1. The van der Waals surface area contributed by atoms with E-state index in [0.29, 0.717) is 4.90 Å². The summed E-state index contributed by atoms with van der Waals surface area (Å²) in [7, 11) is 0. The van der Waals surface area contributed by atoms with Crippen molar-refractivity contribution in [3.8, 4) is 0 Å². The highest BCUT2D eigenvalue weighted by molar-refractivity contribution is 6.55. The van der Waals surface area contributed by atoms with Crippen molar-refractivity contribution in [2.75, 3.05) is 18.5 Å². The van der Waals surface area contributed by atoms with Gasteiger partial charge in [-0.1, -0.05) is 46.4 Å². The molecule has 0 radical (unpaired) electrons. The molecule has 2 heterocycles. The van der Waals surface area contributed by atoms with Crippen molar-refractivity contribution in [3.05, 3.63) is 55.1 Å². The highest BCUT2D eigenvalue weighted by Crippen LogP contribution is 2.44. The number of benzene rings is 1. The number of hydrogen-bond acceptors (Lipinski definition) is 6. The minimum Gasteiger partial charge on any atom is -0.462 e. The van der Waals surface area contributed by atoms with Crippen molar-refractivity contribution < 1.29 is 23.9 Å². The number of anilines is 1. The zero-order chi connectivity index (χ0) is 22.2. The highest BCUT2D eigenvalue weighted by atomic mass is 35.5. The fourth-order valence-electron chi connectivity index (χ4n) is 2.71. The van der Waals surface area contributed by atoms with Gasteiger partial charge in [-0.25, -0.2) is 9.78 Å². The Labute approximate surface area is 190 Å². The van der Waals surface area contributed by atoms with Gasteiger partial charge in [0.1, 0.15) is 12.4 Å². The molecule has 0 spiro atoms. The van der Waals surface area contributed by atoms with E-state index < -0.39 is 30.2 Å². The molecule has 0 fully saturated rings. The van der Waals surface area contributed by atoms with Crippen LogP contribution in [-0.4, -0.2) is 46.7 Å². The van der Waals surface area contributed by atoms with Crippen LogP contribution >= 0.6 is 46.4 Å². The van der Waals surface area contributed by atoms with Crippen molar-refractivity contribution in [2.24, 2.45) is 0 Å². The third-order valence-electron chi connectivity index (χ3n) is 4.03. The first kappa shape index (κ1) is 22.3. The molecule has 0 bridgehead atoms. The summed E-state index contributed by atoms with van der Waals surface area (Å²) in [6, 6.07) is 2.71. The summed E-state index contributed by atoms with van der Waals surface area (Å²) < 4.78 is 4.88. The standard InChI is InChI=1S/C18H11Cl4N3O5/c1-2-30-18(29)7-3-4-23-8(5-7)24-9(26)6-25-16(27)10-11(17(25)28)13(20)15(22)14(21)12(10)19/h3-5H,2,6H2,1H3,(H,23,24,26). The molecule has 1 aromatic heterocycles. The second kappa shape index (κ2) is 8.77. The summed E-state index contributed by atoms with van der Waals surface area (Å²) in [5, 5.41) is 1.60. The molecule has 0 saturated heterocycles. The quantitative estimate of drug-likeness (QED) is 0.292. The molecule has 1 aromatic carbocycles. The van der Waals surface area contributed by atoms with E-state index in [9.17, 15) is 19.2 Å². The predicted molar refractivity (Wildman–Crippen MR) is 111 cm³/mol. The summed E-state index contributed by atoms with van der Waals surface area (Å²) in [5.41, 5.74) is -0.279. The van der Waals surface area contributed by atoms with Gasteiger partial charge in [0.2, 0.25) is 5.91 Å². The smallest absolute Gasteiger partial charge is 0.338 e. The minimum absolute atomic E-state index is 0.0318. The molecule has 12 heteroatoms. The molecule has 0 saturated carbocycles. The monoisotopic (exact) mass is 489 g/mol. The number of nitrogens with zero attached hydrogens (tertiary/aromatic N) is 2. The average Bonchev–Trinajstić information content (AvgIpc) is 2.96. The molecular formula is C18H11Cl4N3O5. The minimum atomic E-state index is -0.844. The number of ether oxygens (including phenoxy) is 1. The van der Waals surface area contributed by atoms with E-state index in [0.717, 1.165) is 0 Å². The van der Waals surface area contributed by atoms with Crippen LogP contribution in [0.3, 0.4) is 0 Å². The predicted octanol–water partition coefficient (Wildman–Crippen LogP) is 4.11. The second-order valence-corrected chi connectivity index (χ2v) is 7.41. The molecule has 1 aliphatic heterocycles. The summed E-state index contributed by atoms with van der Waals surface area (Å²) >= 11 is 24.0. The largest absolute Gasteiger partial charge is 0.462 e. The van der Waals surface area contributed by atoms with E-state index in [-0.39, 0.29) is 49.2 Å². The highest BCUT2D eigenvalue weighted by Gasteiger charge is 2.42. The van der Waals surface area contributed by atoms with Crippen LogP contribution in [0.5, 0.6) is 0 Å². The number of fused-ring (bicyclic) bond motifs is 1. The number of esters is 1. The van der Waals surface area contributed by atoms with Gasteiger partial charge < -0.3 is 10.1 Å². The van der Waals surface area contributed by atoms with E-state index in [1.54, 1.807) is 6.92 Å². The molecule has 3 rings (SSSR count).